The minimum absolute atomic E-state index is 0.121. The Balaban J connectivity index is 3.21. The third-order valence-electron chi connectivity index (χ3n) is 1.19. The Morgan fingerprint density at radius 2 is 2.18 bits per heavy atom. The van der Waals surface area contributed by atoms with Crippen LogP contribution in [0.5, 0.6) is 5.75 Å². The van der Waals surface area contributed by atoms with Gasteiger partial charge in [-0.25, -0.2) is 4.39 Å². The van der Waals surface area contributed by atoms with Gasteiger partial charge in [0.1, 0.15) is 11.6 Å². The SMILES string of the molecule is COc1cc(F)c(Cl)cc1I. The van der Waals surface area contributed by atoms with Crippen LogP contribution in [0, 0.1) is 9.39 Å². The maximum Gasteiger partial charge on any atom is 0.145 e. The van der Waals surface area contributed by atoms with Crippen molar-refractivity contribution in [3.8, 4) is 5.75 Å². The first-order valence-electron chi connectivity index (χ1n) is 2.83. The summed E-state index contributed by atoms with van der Waals surface area (Å²) in [5, 5.41) is 0.121. The molecular weight excluding hydrogens is 281 g/mol. The van der Waals surface area contributed by atoms with Gasteiger partial charge in [0.2, 0.25) is 0 Å². The summed E-state index contributed by atoms with van der Waals surface area (Å²) < 4.78 is 18.4. The number of benzene rings is 1. The molecule has 1 aromatic rings. The highest BCUT2D eigenvalue weighted by Crippen LogP contribution is 2.26. The molecule has 0 N–H and O–H groups in total. The predicted molar refractivity (Wildman–Crippen MR) is 50.7 cm³/mol. The Bertz CT molecular complexity index is 277. The average Bonchev–Trinajstić information content (AvgIpc) is 1.97. The first-order valence-corrected chi connectivity index (χ1v) is 4.29. The second kappa shape index (κ2) is 3.58. The molecule has 0 aromatic heterocycles. The lowest BCUT2D eigenvalue weighted by Crippen LogP contribution is -1.88. The van der Waals surface area contributed by atoms with E-state index in [-0.39, 0.29) is 5.02 Å². The Morgan fingerprint density at radius 1 is 1.55 bits per heavy atom. The molecule has 0 saturated carbocycles. The Hall–Kier alpha value is -0.0300. The molecule has 1 rings (SSSR count). The van der Waals surface area contributed by atoms with Crippen molar-refractivity contribution in [2.75, 3.05) is 7.11 Å². The van der Waals surface area contributed by atoms with Gasteiger partial charge >= 0.3 is 0 Å². The molecule has 0 radical (unpaired) electrons. The molecule has 0 aliphatic carbocycles. The van der Waals surface area contributed by atoms with Crippen molar-refractivity contribution >= 4 is 34.2 Å². The van der Waals surface area contributed by atoms with Crippen molar-refractivity contribution < 1.29 is 9.13 Å². The highest BCUT2D eigenvalue weighted by atomic mass is 127. The van der Waals surface area contributed by atoms with Crippen molar-refractivity contribution in [1.82, 2.24) is 0 Å². The second-order valence-corrected chi connectivity index (χ2v) is 3.47. The molecule has 0 bridgehead atoms. The molecule has 0 heterocycles. The molecule has 60 valence electrons. The standard InChI is InChI=1S/C7H5ClFIO/c1-11-7-3-5(9)4(8)2-6(7)10/h2-3H,1H3. The summed E-state index contributed by atoms with van der Waals surface area (Å²) in [4.78, 5) is 0. The van der Waals surface area contributed by atoms with Crippen molar-refractivity contribution in [2.24, 2.45) is 0 Å². The lowest BCUT2D eigenvalue weighted by molar-refractivity contribution is 0.408. The van der Waals surface area contributed by atoms with Crippen LogP contribution in [0.15, 0.2) is 12.1 Å². The van der Waals surface area contributed by atoms with Crippen molar-refractivity contribution in [3.63, 3.8) is 0 Å². The van der Waals surface area contributed by atoms with Crippen molar-refractivity contribution in [3.05, 3.63) is 26.5 Å². The van der Waals surface area contributed by atoms with Crippen LogP contribution in [-0.2, 0) is 0 Å². The summed E-state index contributed by atoms with van der Waals surface area (Å²) in [7, 11) is 1.49. The van der Waals surface area contributed by atoms with E-state index in [1.807, 2.05) is 22.6 Å². The highest BCUT2D eigenvalue weighted by molar-refractivity contribution is 14.1. The van der Waals surface area contributed by atoms with E-state index in [0.717, 1.165) is 3.57 Å². The second-order valence-electron chi connectivity index (χ2n) is 1.90. The number of hydrogen-bond acceptors (Lipinski definition) is 1. The molecule has 0 spiro atoms. The predicted octanol–water partition coefficient (Wildman–Crippen LogP) is 3.09. The van der Waals surface area contributed by atoms with Crippen LogP contribution in [0.4, 0.5) is 4.39 Å². The normalized spacial score (nSPS) is 9.82. The van der Waals surface area contributed by atoms with Crippen molar-refractivity contribution in [2.45, 2.75) is 0 Å². The third-order valence-corrected chi connectivity index (χ3v) is 2.33. The van der Waals surface area contributed by atoms with Crippen LogP contribution in [0.2, 0.25) is 5.02 Å². The molecule has 0 atom stereocenters. The van der Waals surface area contributed by atoms with E-state index in [1.165, 1.54) is 19.2 Å². The topological polar surface area (TPSA) is 9.23 Å². The fourth-order valence-corrected chi connectivity index (χ4v) is 1.70. The van der Waals surface area contributed by atoms with Crippen LogP contribution >= 0.6 is 34.2 Å². The first kappa shape index (κ1) is 9.06. The zero-order valence-electron chi connectivity index (χ0n) is 5.70. The number of rotatable bonds is 1. The Morgan fingerprint density at radius 3 is 2.73 bits per heavy atom. The zero-order chi connectivity index (χ0) is 8.43. The van der Waals surface area contributed by atoms with Crippen molar-refractivity contribution in [1.29, 1.82) is 0 Å². The van der Waals surface area contributed by atoms with Crippen LogP contribution in [0.3, 0.4) is 0 Å². The van der Waals surface area contributed by atoms with Crippen LogP contribution in [-0.4, -0.2) is 7.11 Å². The third kappa shape index (κ3) is 1.96. The molecule has 1 nitrogen and oxygen atoms in total. The summed E-state index contributed by atoms with van der Waals surface area (Å²) in [5.74, 6) is 0.0523. The summed E-state index contributed by atoms with van der Waals surface area (Å²) >= 11 is 7.53. The molecule has 0 amide bonds. The molecule has 0 saturated heterocycles. The minimum atomic E-state index is -0.455. The van der Waals surface area contributed by atoms with Gasteiger partial charge in [0.15, 0.2) is 0 Å². The van der Waals surface area contributed by atoms with E-state index in [9.17, 15) is 4.39 Å². The molecule has 1 aromatic carbocycles. The first-order chi connectivity index (χ1) is 5.15. The van der Waals surface area contributed by atoms with Crippen LogP contribution in [0.1, 0.15) is 0 Å². The van der Waals surface area contributed by atoms with Crippen LogP contribution in [0.25, 0.3) is 0 Å². The molecule has 0 fully saturated rings. The van der Waals surface area contributed by atoms with Gasteiger partial charge in [-0.3, -0.25) is 0 Å². The molecule has 4 heteroatoms. The van der Waals surface area contributed by atoms with Gasteiger partial charge in [0.25, 0.3) is 0 Å². The molecule has 11 heavy (non-hydrogen) atoms. The smallest absolute Gasteiger partial charge is 0.145 e. The lowest BCUT2D eigenvalue weighted by atomic mass is 10.3. The van der Waals surface area contributed by atoms with Gasteiger partial charge in [-0.15, -0.1) is 0 Å². The fraction of sp³-hybridized carbons (Fsp3) is 0.143. The van der Waals surface area contributed by atoms with Gasteiger partial charge in [-0.2, -0.15) is 0 Å². The maximum atomic E-state index is 12.7. The van der Waals surface area contributed by atoms with E-state index in [2.05, 4.69) is 0 Å². The van der Waals surface area contributed by atoms with Gasteiger partial charge in [0, 0.05) is 6.07 Å². The number of halogens is 3. The van der Waals surface area contributed by atoms with E-state index in [4.69, 9.17) is 16.3 Å². The molecular formula is C7H5ClFIO. The largest absolute Gasteiger partial charge is 0.496 e. The lowest BCUT2D eigenvalue weighted by Gasteiger charge is -2.03. The van der Waals surface area contributed by atoms with Crippen LogP contribution < -0.4 is 4.74 Å². The number of methoxy groups -OCH3 is 1. The number of hydrogen-bond donors (Lipinski definition) is 0. The van der Waals surface area contributed by atoms with Gasteiger partial charge in [-0.1, -0.05) is 11.6 Å². The monoisotopic (exact) mass is 286 g/mol. The summed E-state index contributed by atoms with van der Waals surface area (Å²) in [5.41, 5.74) is 0. The average molecular weight is 286 g/mol. The highest BCUT2D eigenvalue weighted by Gasteiger charge is 2.05. The van der Waals surface area contributed by atoms with E-state index in [0.29, 0.717) is 5.75 Å². The number of ether oxygens (including phenoxy) is 1. The summed E-state index contributed by atoms with van der Waals surface area (Å²) in [6.45, 7) is 0. The quantitative estimate of drug-likeness (QED) is 0.569. The zero-order valence-corrected chi connectivity index (χ0v) is 8.61. The van der Waals surface area contributed by atoms with Gasteiger partial charge < -0.3 is 4.74 Å². The van der Waals surface area contributed by atoms with E-state index >= 15 is 0 Å². The van der Waals surface area contributed by atoms with Gasteiger partial charge in [0.05, 0.1) is 15.7 Å². The van der Waals surface area contributed by atoms with Gasteiger partial charge in [-0.05, 0) is 28.7 Å². The minimum Gasteiger partial charge on any atom is -0.496 e. The molecule has 0 aliphatic rings. The Labute approximate surface area is 82.6 Å². The maximum absolute atomic E-state index is 12.7. The Kier molecular flexibility index (Phi) is 2.95. The molecule has 0 aliphatic heterocycles. The van der Waals surface area contributed by atoms with E-state index in [1.54, 1.807) is 0 Å². The fourth-order valence-electron chi connectivity index (χ4n) is 0.661. The van der Waals surface area contributed by atoms with E-state index < -0.39 is 5.82 Å². The molecule has 0 unspecified atom stereocenters. The summed E-state index contributed by atoms with van der Waals surface area (Å²) in [6.07, 6.45) is 0. The summed E-state index contributed by atoms with van der Waals surface area (Å²) in [6, 6.07) is 2.79.